The number of halogens is 1. The molecular formula is C8H10INO. The fourth-order valence-electron chi connectivity index (χ4n) is 0.806. The summed E-state index contributed by atoms with van der Waals surface area (Å²) in [5, 5.41) is 9.18. The number of benzene rings is 1. The fourth-order valence-corrected chi connectivity index (χ4v) is 1.35. The zero-order chi connectivity index (χ0) is 8.43. The van der Waals surface area contributed by atoms with Crippen molar-refractivity contribution < 1.29 is 5.11 Å². The first kappa shape index (κ1) is 8.80. The molecule has 1 unspecified atom stereocenters. The average Bonchev–Trinajstić information content (AvgIpc) is 1.94. The quantitative estimate of drug-likeness (QED) is 0.761. The lowest BCUT2D eigenvalue weighted by Gasteiger charge is -2.05. The number of rotatable bonds is 1. The van der Waals surface area contributed by atoms with Crippen LogP contribution in [0.2, 0.25) is 0 Å². The van der Waals surface area contributed by atoms with E-state index in [1.807, 2.05) is 19.1 Å². The molecule has 0 aromatic heterocycles. The van der Waals surface area contributed by atoms with Gasteiger partial charge in [-0.25, -0.2) is 0 Å². The molecule has 0 saturated carbocycles. The summed E-state index contributed by atoms with van der Waals surface area (Å²) < 4.78 is 0.845. The molecule has 0 aliphatic rings. The second-order valence-corrected chi connectivity index (χ2v) is 3.66. The van der Waals surface area contributed by atoms with E-state index < -0.39 is 0 Å². The van der Waals surface area contributed by atoms with Crippen LogP contribution in [0.1, 0.15) is 18.5 Å². The summed E-state index contributed by atoms with van der Waals surface area (Å²) in [4.78, 5) is 0. The first-order valence-corrected chi connectivity index (χ1v) is 4.43. The third-order valence-corrected chi connectivity index (χ3v) is 2.36. The van der Waals surface area contributed by atoms with Crippen LogP contribution in [0, 0.1) is 3.57 Å². The zero-order valence-corrected chi connectivity index (χ0v) is 8.37. The van der Waals surface area contributed by atoms with E-state index in [0.717, 1.165) is 9.13 Å². The molecule has 3 N–H and O–H groups in total. The van der Waals surface area contributed by atoms with Gasteiger partial charge in [-0.2, -0.15) is 0 Å². The molecule has 0 fully saturated rings. The molecule has 0 heterocycles. The number of phenolic OH excluding ortho intramolecular Hbond substituents is 1. The van der Waals surface area contributed by atoms with Gasteiger partial charge in [0.25, 0.3) is 0 Å². The van der Waals surface area contributed by atoms with Crippen molar-refractivity contribution in [1.82, 2.24) is 0 Å². The van der Waals surface area contributed by atoms with Crippen LogP contribution in [0.15, 0.2) is 18.2 Å². The molecule has 1 atom stereocenters. The normalized spacial score (nSPS) is 13.0. The van der Waals surface area contributed by atoms with Crippen LogP contribution in [0.3, 0.4) is 0 Å². The van der Waals surface area contributed by atoms with Gasteiger partial charge >= 0.3 is 0 Å². The monoisotopic (exact) mass is 263 g/mol. The van der Waals surface area contributed by atoms with Crippen molar-refractivity contribution in [3.05, 3.63) is 27.3 Å². The van der Waals surface area contributed by atoms with Gasteiger partial charge < -0.3 is 10.8 Å². The lowest BCUT2D eigenvalue weighted by Crippen LogP contribution is -2.04. The Morgan fingerprint density at radius 2 is 2.18 bits per heavy atom. The van der Waals surface area contributed by atoms with E-state index >= 15 is 0 Å². The molecule has 1 rings (SSSR count). The van der Waals surface area contributed by atoms with E-state index in [9.17, 15) is 5.11 Å². The van der Waals surface area contributed by atoms with Crippen molar-refractivity contribution in [1.29, 1.82) is 0 Å². The summed E-state index contributed by atoms with van der Waals surface area (Å²) in [6, 6.07) is 5.42. The summed E-state index contributed by atoms with van der Waals surface area (Å²) in [6.45, 7) is 1.92. The maximum Gasteiger partial charge on any atom is 0.128 e. The topological polar surface area (TPSA) is 46.2 Å². The van der Waals surface area contributed by atoms with E-state index in [2.05, 4.69) is 22.6 Å². The molecule has 0 saturated heterocycles. The fraction of sp³-hybridized carbons (Fsp3) is 0.250. The molecule has 11 heavy (non-hydrogen) atoms. The van der Waals surface area contributed by atoms with Gasteiger partial charge in [0, 0.05) is 6.04 Å². The first-order valence-electron chi connectivity index (χ1n) is 3.35. The van der Waals surface area contributed by atoms with Crippen molar-refractivity contribution in [2.75, 3.05) is 0 Å². The number of hydrogen-bond acceptors (Lipinski definition) is 2. The third-order valence-electron chi connectivity index (χ3n) is 1.50. The van der Waals surface area contributed by atoms with E-state index in [1.54, 1.807) is 6.07 Å². The average molecular weight is 263 g/mol. The van der Waals surface area contributed by atoms with Crippen LogP contribution >= 0.6 is 22.6 Å². The van der Waals surface area contributed by atoms with Crippen molar-refractivity contribution in [3.63, 3.8) is 0 Å². The largest absolute Gasteiger partial charge is 0.507 e. The van der Waals surface area contributed by atoms with Crippen LogP contribution in [-0.2, 0) is 0 Å². The molecule has 0 spiro atoms. The van der Waals surface area contributed by atoms with Gasteiger partial charge in [-0.15, -0.1) is 0 Å². The summed E-state index contributed by atoms with van der Waals surface area (Å²) in [5.74, 6) is 0.315. The van der Waals surface area contributed by atoms with Crippen molar-refractivity contribution in [2.45, 2.75) is 13.0 Å². The smallest absolute Gasteiger partial charge is 0.128 e. The molecule has 0 radical (unpaired) electrons. The standard InChI is InChI=1S/C8H10INO/c1-5(10)6-2-3-8(11)7(9)4-6/h2-5,11H,10H2,1H3. The number of nitrogens with two attached hydrogens (primary N) is 1. The number of phenols is 1. The SMILES string of the molecule is CC(N)c1ccc(O)c(I)c1. The van der Waals surface area contributed by atoms with Gasteiger partial charge in [-0.05, 0) is 47.2 Å². The Balaban J connectivity index is 3.05. The van der Waals surface area contributed by atoms with E-state index in [1.165, 1.54) is 0 Å². The molecule has 0 aliphatic carbocycles. The minimum atomic E-state index is 0.0316. The lowest BCUT2D eigenvalue weighted by atomic mass is 10.1. The molecule has 2 nitrogen and oxygen atoms in total. The maximum absolute atomic E-state index is 9.18. The van der Waals surface area contributed by atoms with Crippen molar-refractivity contribution in [2.24, 2.45) is 5.73 Å². The number of aromatic hydroxyl groups is 1. The Morgan fingerprint density at radius 1 is 1.55 bits per heavy atom. The molecule has 0 aliphatic heterocycles. The second kappa shape index (κ2) is 3.40. The highest BCUT2D eigenvalue weighted by molar-refractivity contribution is 14.1. The van der Waals surface area contributed by atoms with Crippen molar-refractivity contribution >= 4 is 22.6 Å². The van der Waals surface area contributed by atoms with Crippen LogP contribution in [0.5, 0.6) is 5.75 Å². The molecule has 0 amide bonds. The summed E-state index contributed by atoms with van der Waals surface area (Å²) in [7, 11) is 0. The maximum atomic E-state index is 9.18. The van der Waals surface area contributed by atoms with Crippen molar-refractivity contribution in [3.8, 4) is 5.75 Å². The Kier molecular flexibility index (Phi) is 2.72. The summed E-state index contributed by atoms with van der Waals surface area (Å²) in [6.07, 6.45) is 0. The Morgan fingerprint density at radius 3 is 2.64 bits per heavy atom. The summed E-state index contributed by atoms with van der Waals surface area (Å²) >= 11 is 2.08. The van der Waals surface area contributed by atoms with Crippen LogP contribution in [0.25, 0.3) is 0 Å². The van der Waals surface area contributed by atoms with Gasteiger partial charge in [0.15, 0.2) is 0 Å². The Bertz CT molecular complexity index is 260. The highest BCUT2D eigenvalue weighted by Gasteiger charge is 2.01. The first-order chi connectivity index (χ1) is 5.11. The molecular weight excluding hydrogens is 253 g/mol. The van der Waals surface area contributed by atoms with Crippen LogP contribution in [0.4, 0.5) is 0 Å². The lowest BCUT2D eigenvalue weighted by molar-refractivity contribution is 0.471. The highest BCUT2D eigenvalue weighted by Crippen LogP contribution is 2.22. The predicted molar refractivity (Wildman–Crippen MR) is 53.4 cm³/mol. The predicted octanol–water partition coefficient (Wildman–Crippen LogP) is 2.02. The summed E-state index contributed by atoms with van der Waals surface area (Å²) in [5.41, 5.74) is 6.70. The van der Waals surface area contributed by atoms with Crippen LogP contribution < -0.4 is 5.73 Å². The molecule has 0 bridgehead atoms. The Labute approximate surface area is 79.6 Å². The van der Waals surface area contributed by atoms with Gasteiger partial charge in [0.1, 0.15) is 5.75 Å². The molecule has 3 heteroatoms. The van der Waals surface area contributed by atoms with E-state index in [-0.39, 0.29) is 6.04 Å². The minimum Gasteiger partial charge on any atom is -0.507 e. The highest BCUT2D eigenvalue weighted by atomic mass is 127. The second-order valence-electron chi connectivity index (χ2n) is 2.50. The molecule has 1 aromatic carbocycles. The van der Waals surface area contributed by atoms with Gasteiger partial charge in [0.05, 0.1) is 3.57 Å². The van der Waals surface area contributed by atoms with Crippen LogP contribution in [-0.4, -0.2) is 5.11 Å². The van der Waals surface area contributed by atoms with Gasteiger partial charge in [-0.3, -0.25) is 0 Å². The van der Waals surface area contributed by atoms with E-state index in [4.69, 9.17) is 5.73 Å². The number of hydrogen-bond donors (Lipinski definition) is 2. The zero-order valence-electron chi connectivity index (χ0n) is 6.21. The van der Waals surface area contributed by atoms with Gasteiger partial charge in [0.2, 0.25) is 0 Å². The van der Waals surface area contributed by atoms with E-state index in [0.29, 0.717) is 5.75 Å². The molecule has 1 aromatic rings. The third kappa shape index (κ3) is 2.07. The van der Waals surface area contributed by atoms with Gasteiger partial charge in [-0.1, -0.05) is 6.07 Å². The minimum absolute atomic E-state index is 0.0316. The molecule has 60 valence electrons. The Hall–Kier alpha value is -0.290.